The van der Waals surface area contributed by atoms with Gasteiger partial charge in [0.25, 0.3) is 0 Å². The Bertz CT molecular complexity index is 496. The Hall–Kier alpha value is -0.940. The summed E-state index contributed by atoms with van der Waals surface area (Å²) in [6, 6.07) is 0. The summed E-state index contributed by atoms with van der Waals surface area (Å²) in [4.78, 5) is 18.5. The van der Waals surface area contributed by atoms with E-state index in [0.29, 0.717) is 5.92 Å². The van der Waals surface area contributed by atoms with E-state index in [4.69, 9.17) is 0 Å². The molecule has 21 heavy (non-hydrogen) atoms. The molecule has 1 aromatic rings. The highest BCUT2D eigenvalue weighted by Gasteiger charge is 2.39. The zero-order chi connectivity index (χ0) is 15.6. The summed E-state index contributed by atoms with van der Waals surface area (Å²) in [6.07, 6.45) is 2.08. The van der Waals surface area contributed by atoms with Crippen molar-refractivity contribution in [3.8, 4) is 0 Å². The van der Waals surface area contributed by atoms with E-state index in [0.717, 1.165) is 38.2 Å². The van der Waals surface area contributed by atoms with Gasteiger partial charge in [-0.1, -0.05) is 13.8 Å². The number of likely N-dealkylation sites (tertiary alicyclic amines) is 1. The molecule has 1 fully saturated rings. The fourth-order valence-electron chi connectivity index (χ4n) is 2.85. The van der Waals surface area contributed by atoms with Gasteiger partial charge in [-0.3, -0.25) is 9.69 Å². The minimum atomic E-state index is -0.690. The number of nitrogens with zero attached hydrogens (tertiary/aromatic N) is 2. The summed E-state index contributed by atoms with van der Waals surface area (Å²) in [5, 5.41) is 12.7. The SMILES string of the molecule is CC(C)c1nc(CN2CCCC(C(C)(C)C(=O)O)C2)cs1. The van der Waals surface area contributed by atoms with Crippen molar-refractivity contribution < 1.29 is 9.90 Å². The van der Waals surface area contributed by atoms with Crippen LogP contribution in [-0.4, -0.2) is 34.0 Å². The number of carboxylic acid groups (broad SMARTS) is 1. The van der Waals surface area contributed by atoms with Crippen LogP contribution in [0.4, 0.5) is 0 Å². The summed E-state index contributed by atoms with van der Waals surface area (Å²) in [5.74, 6) is 0.000792. The van der Waals surface area contributed by atoms with Crippen molar-refractivity contribution in [3.05, 3.63) is 16.1 Å². The average Bonchev–Trinajstić information content (AvgIpc) is 2.87. The largest absolute Gasteiger partial charge is 0.481 e. The van der Waals surface area contributed by atoms with E-state index in [9.17, 15) is 9.90 Å². The standard InChI is InChI=1S/C16H26N2O2S/c1-11(2)14-17-13(10-21-14)9-18-7-5-6-12(8-18)16(3,4)15(19)20/h10-12H,5-9H2,1-4H3,(H,19,20). The second-order valence-corrected chi connectivity index (χ2v) is 7.82. The first-order valence-corrected chi connectivity index (χ1v) is 8.58. The average molecular weight is 310 g/mol. The first-order chi connectivity index (χ1) is 9.80. The number of carbonyl (C=O) groups is 1. The van der Waals surface area contributed by atoms with Gasteiger partial charge in [-0.05, 0) is 39.2 Å². The summed E-state index contributed by atoms with van der Waals surface area (Å²) >= 11 is 1.73. The van der Waals surface area contributed by atoms with Crippen molar-refractivity contribution in [2.75, 3.05) is 13.1 Å². The van der Waals surface area contributed by atoms with Gasteiger partial charge < -0.3 is 5.11 Å². The zero-order valence-electron chi connectivity index (χ0n) is 13.4. The minimum Gasteiger partial charge on any atom is -0.481 e. The number of hydrogen-bond acceptors (Lipinski definition) is 4. The number of carboxylic acids is 1. The van der Waals surface area contributed by atoms with Crippen LogP contribution in [0.5, 0.6) is 0 Å². The second-order valence-electron chi connectivity index (χ2n) is 6.93. The van der Waals surface area contributed by atoms with Gasteiger partial charge in [0.15, 0.2) is 0 Å². The number of piperidine rings is 1. The molecule has 4 nitrogen and oxygen atoms in total. The molecule has 1 aliphatic rings. The molecule has 0 spiro atoms. The lowest BCUT2D eigenvalue weighted by Crippen LogP contribution is -2.44. The van der Waals surface area contributed by atoms with Crippen LogP contribution in [0.25, 0.3) is 0 Å². The normalized spacial score (nSPS) is 20.9. The molecule has 1 saturated heterocycles. The van der Waals surface area contributed by atoms with Crippen LogP contribution in [-0.2, 0) is 11.3 Å². The van der Waals surface area contributed by atoms with Crippen LogP contribution in [0, 0.1) is 11.3 Å². The molecule has 1 aliphatic heterocycles. The summed E-state index contributed by atoms with van der Waals surface area (Å²) in [5.41, 5.74) is 0.474. The maximum Gasteiger partial charge on any atom is 0.309 e. The monoisotopic (exact) mass is 310 g/mol. The third-order valence-corrected chi connectivity index (χ3v) is 5.72. The van der Waals surface area contributed by atoms with E-state index in [1.54, 1.807) is 11.3 Å². The van der Waals surface area contributed by atoms with Crippen molar-refractivity contribution in [2.24, 2.45) is 11.3 Å². The van der Waals surface area contributed by atoms with Gasteiger partial charge in [0.1, 0.15) is 0 Å². The molecule has 1 aromatic heterocycles. The third kappa shape index (κ3) is 3.83. The van der Waals surface area contributed by atoms with Gasteiger partial charge in [0.05, 0.1) is 16.1 Å². The van der Waals surface area contributed by atoms with Crippen LogP contribution in [0.1, 0.15) is 57.2 Å². The molecule has 0 aliphatic carbocycles. The van der Waals surface area contributed by atoms with Crippen molar-refractivity contribution in [2.45, 2.75) is 53.0 Å². The Labute approximate surface area is 131 Å². The minimum absolute atomic E-state index is 0.215. The quantitative estimate of drug-likeness (QED) is 0.903. The molecule has 0 radical (unpaired) electrons. The summed E-state index contributed by atoms with van der Waals surface area (Å²) < 4.78 is 0. The smallest absolute Gasteiger partial charge is 0.309 e. The molecule has 5 heteroatoms. The van der Waals surface area contributed by atoms with Crippen molar-refractivity contribution in [3.63, 3.8) is 0 Å². The molecule has 1 atom stereocenters. The van der Waals surface area contributed by atoms with Crippen LogP contribution < -0.4 is 0 Å². The van der Waals surface area contributed by atoms with Crippen LogP contribution in [0.2, 0.25) is 0 Å². The molecule has 0 amide bonds. The predicted octanol–water partition coefficient (Wildman–Crippen LogP) is 3.59. The number of rotatable bonds is 5. The van der Waals surface area contributed by atoms with E-state index in [1.165, 1.54) is 5.01 Å². The maximum atomic E-state index is 11.4. The first kappa shape index (κ1) is 16.4. The highest BCUT2D eigenvalue weighted by molar-refractivity contribution is 7.09. The Morgan fingerprint density at radius 3 is 2.86 bits per heavy atom. The van der Waals surface area contributed by atoms with Crippen LogP contribution in [0.15, 0.2) is 5.38 Å². The zero-order valence-corrected chi connectivity index (χ0v) is 14.2. The van der Waals surface area contributed by atoms with Crippen LogP contribution >= 0.6 is 11.3 Å². The molecule has 1 unspecified atom stereocenters. The molecule has 118 valence electrons. The Balaban J connectivity index is 1.99. The lowest BCUT2D eigenvalue weighted by molar-refractivity contribution is -0.151. The third-order valence-electron chi connectivity index (χ3n) is 4.53. The number of hydrogen-bond donors (Lipinski definition) is 1. The van der Waals surface area contributed by atoms with E-state index in [2.05, 4.69) is 29.1 Å². The maximum absolute atomic E-state index is 11.4. The Morgan fingerprint density at radius 2 is 2.29 bits per heavy atom. The molecule has 1 N–H and O–H groups in total. The van der Waals surface area contributed by atoms with Gasteiger partial charge in [0, 0.05) is 24.4 Å². The van der Waals surface area contributed by atoms with Crippen molar-refractivity contribution in [1.82, 2.24) is 9.88 Å². The number of aromatic nitrogens is 1. The molecular weight excluding hydrogens is 284 g/mol. The van der Waals surface area contributed by atoms with Gasteiger partial charge in [0.2, 0.25) is 0 Å². The van der Waals surface area contributed by atoms with Gasteiger partial charge >= 0.3 is 5.97 Å². The highest BCUT2D eigenvalue weighted by Crippen LogP contribution is 2.34. The van der Waals surface area contributed by atoms with Crippen molar-refractivity contribution in [1.29, 1.82) is 0 Å². The molecule has 2 rings (SSSR count). The Kier molecular flexibility index (Phi) is 5.04. The van der Waals surface area contributed by atoms with Gasteiger partial charge in [-0.2, -0.15) is 0 Å². The molecule has 0 saturated carbocycles. The highest BCUT2D eigenvalue weighted by atomic mass is 32.1. The van der Waals surface area contributed by atoms with E-state index >= 15 is 0 Å². The van der Waals surface area contributed by atoms with Crippen molar-refractivity contribution >= 4 is 17.3 Å². The van der Waals surface area contributed by atoms with E-state index in [1.807, 2.05) is 13.8 Å². The lowest BCUT2D eigenvalue weighted by atomic mass is 9.74. The summed E-state index contributed by atoms with van der Waals surface area (Å²) in [7, 11) is 0. The van der Waals surface area contributed by atoms with E-state index in [-0.39, 0.29) is 5.92 Å². The second kappa shape index (κ2) is 6.44. The van der Waals surface area contributed by atoms with Gasteiger partial charge in [-0.15, -0.1) is 11.3 Å². The number of aliphatic carboxylic acids is 1. The number of thiazole rings is 1. The summed E-state index contributed by atoms with van der Waals surface area (Å²) in [6.45, 7) is 10.8. The molecular formula is C16H26N2O2S. The molecule has 0 aromatic carbocycles. The predicted molar refractivity (Wildman–Crippen MR) is 85.6 cm³/mol. The molecule has 2 heterocycles. The fourth-order valence-corrected chi connectivity index (χ4v) is 3.68. The fraction of sp³-hybridized carbons (Fsp3) is 0.750. The van der Waals surface area contributed by atoms with Crippen LogP contribution in [0.3, 0.4) is 0 Å². The van der Waals surface area contributed by atoms with E-state index < -0.39 is 11.4 Å². The Morgan fingerprint density at radius 1 is 1.57 bits per heavy atom. The topological polar surface area (TPSA) is 53.4 Å². The first-order valence-electron chi connectivity index (χ1n) is 7.70. The lowest BCUT2D eigenvalue weighted by Gasteiger charge is -2.39. The van der Waals surface area contributed by atoms with Gasteiger partial charge in [-0.25, -0.2) is 4.98 Å². The molecule has 0 bridgehead atoms.